The number of amides is 1. The molecule has 0 aliphatic rings. The second-order valence-corrected chi connectivity index (χ2v) is 7.36. The fraction of sp³-hybridized carbons (Fsp3) is 0.115. The lowest BCUT2D eigenvalue weighted by Crippen LogP contribution is -2.13. The molecule has 0 saturated carbocycles. The van der Waals surface area contributed by atoms with Crippen molar-refractivity contribution in [2.75, 3.05) is 5.32 Å². The van der Waals surface area contributed by atoms with Gasteiger partial charge in [0.05, 0.1) is 5.56 Å². The number of nitriles is 1. The summed E-state index contributed by atoms with van der Waals surface area (Å²) in [6.45, 7) is 4.10. The zero-order valence-corrected chi connectivity index (χ0v) is 17.8. The molecule has 0 unspecified atom stereocenters. The van der Waals surface area contributed by atoms with Crippen molar-refractivity contribution in [1.29, 1.82) is 5.26 Å². The van der Waals surface area contributed by atoms with E-state index in [1.807, 2.05) is 38.1 Å². The first-order valence-corrected chi connectivity index (χ1v) is 9.90. The molecule has 3 rings (SSSR count). The van der Waals surface area contributed by atoms with Crippen molar-refractivity contribution >= 4 is 23.6 Å². The minimum absolute atomic E-state index is 0.0108. The average Bonchev–Trinajstić information content (AvgIpc) is 2.76. The van der Waals surface area contributed by atoms with Crippen molar-refractivity contribution in [2.45, 2.75) is 20.5 Å². The lowest BCUT2D eigenvalue weighted by atomic mass is 10.1. The molecule has 6 nitrogen and oxygen atoms in total. The van der Waals surface area contributed by atoms with E-state index in [4.69, 9.17) is 9.84 Å². The second kappa shape index (κ2) is 10.1. The van der Waals surface area contributed by atoms with Crippen LogP contribution in [0.1, 0.15) is 32.6 Å². The van der Waals surface area contributed by atoms with Gasteiger partial charge in [0, 0.05) is 5.69 Å². The van der Waals surface area contributed by atoms with E-state index in [0.29, 0.717) is 17.0 Å². The van der Waals surface area contributed by atoms with E-state index in [2.05, 4.69) is 5.32 Å². The molecular weight excluding hydrogens is 404 g/mol. The van der Waals surface area contributed by atoms with Gasteiger partial charge in [0.1, 0.15) is 24.0 Å². The maximum Gasteiger partial charge on any atom is 0.335 e. The zero-order valence-electron chi connectivity index (χ0n) is 17.8. The first kappa shape index (κ1) is 22.3. The number of carboxylic acids is 1. The number of anilines is 1. The van der Waals surface area contributed by atoms with E-state index in [9.17, 15) is 14.9 Å². The number of aromatic carboxylic acids is 1. The standard InChI is InChI=1S/C26H22N2O4/c1-17-10-18(2)12-23(11-17)28-25(29)22(15-27)13-19-6-8-24(9-7-19)32-16-20-4-3-5-21(14-20)26(30)31/h3-14H,16H2,1-2H3,(H,28,29)(H,30,31)/b22-13-. The smallest absolute Gasteiger partial charge is 0.335 e. The molecular formula is C26H22N2O4. The number of nitrogens with one attached hydrogen (secondary N) is 1. The highest BCUT2D eigenvalue weighted by atomic mass is 16.5. The number of carbonyl (C=O) groups excluding carboxylic acids is 1. The molecule has 2 N–H and O–H groups in total. The topological polar surface area (TPSA) is 99.4 Å². The zero-order chi connectivity index (χ0) is 23.1. The van der Waals surface area contributed by atoms with E-state index in [1.165, 1.54) is 12.1 Å². The molecule has 0 radical (unpaired) electrons. The van der Waals surface area contributed by atoms with Gasteiger partial charge in [0.15, 0.2) is 0 Å². The Kier molecular flexibility index (Phi) is 7.04. The third-order valence-electron chi connectivity index (χ3n) is 4.62. The summed E-state index contributed by atoms with van der Waals surface area (Å²) in [6, 6.07) is 21.1. The number of carboxylic acid groups (broad SMARTS) is 1. The Labute approximate surface area is 186 Å². The summed E-state index contributed by atoms with van der Waals surface area (Å²) < 4.78 is 5.70. The number of hydrogen-bond donors (Lipinski definition) is 2. The fourth-order valence-electron chi connectivity index (χ4n) is 3.18. The monoisotopic (exact) mass is 426 g/mol. The van der Waals surface area contributed by atoms with Crippen LogP contribution in [-0.2, 0) is 11.4 Å². The van der Waals surface area contributed by atoms with Crippen LogP contribution in [-0.4, -0.2) is 17.0 Å². The molecule has 0 atom stereocenters. The molecule has 0 bridgehead atoms. The van der Waals surface area contributed by atoms with E-state index < -0.39 is 11.9 Å². The maximum absolute atomic E-state index is 12.5. The van der Waals surface area contributed by atoms with Gasteiger partial charge in [-0.1, -0.05) is 30.3 Å². The number of aryl methyl sites for hydroxylation is 2. The van der Waals surface area contributed by atoms with Gasteiger partial charge in [0.25, 0.3) is 5.91 Å². The van der Waals surface area contributed by atoms with Crippen molar-refractivity contribution in [1.82, 2.24) is 0 Å². The van der Waals surface area contributed by atoms with Crippen LogP contribution < -0.4 is 10.1 Å². The van der Waals surface area contributed by atoms with Crippen LogP contribution in [0.2, 0.25) is 0 Å². The van der Waals surface area contributed by atoms with Gasteiger partial charge in [-0.2, -0.15) is 5.26 Å². The number of benzene rings is 3. The van der Waals surface area contributed by atoms with Crippen molar-refractivity contribution in [2.24, 2.45) is 0 Å². The van der Waals surface area contributed by atoms with Crippen LogP contribution >= 0.6 is 0 Å². The summed E-state index contributed by atoms with van der Waals surface area (Å²) in [7, 11) is 0. The molecule has 0 fully saturated rings. The Morgan fingerprint density at radius 1 is 1.03 bits per heavy atom. The molecule has 1 amide bonds. The van der Waals surface area contributed by atoms with Gasteiger partial charge < -0.3 is 15.2 Å². The highest BCUT2D eigenvalue weighted by Gasteiger charge is 2.10. The fourth-order valence-corrected chi connectivity index (χ4v) is 3.18. The van der Waals surface area contributed by atoms with Gasteiger partial charge >= 0.3 is 5.97 Å². The van der Waals surface area contributed by atoms with E-state index in [-0.39, 0.29) is 17.7 Å². The van der Waals surface area contributed by atoms with Crippen molar-refractivity contribution in [3.8, 4) is 11.8 Å². The molecule has 0 heterocycles. The highest BCUT2D eigenvalue weighted by molar-refractivity contribution is 6.09. The van der Waals surface area contributed by atoms with Crippen molar-refractivity contribution < 1.29 is 19.4 Å². The minimum Gasteiger partial charge on any atom is -0.489 e. The number of carbonyl (C=O) groups is 2. The second-order valence-electron chi connectivity index (χ2n) is 7.36. The van der Waals surface area contributed by atoms with Gasteiger partial charge in [-0.05, 0) is 78.6 Å². The maximum atomic E-state index is 12.5. The van der Waals surface area contributed by atoms with Crippen LogP contribution in [0.5, 0.6) is 5.75 Å². The predicted octanol–water partition coefficient (Wildman–Crippen LogP) is 5.13. The average molecular weight is 426 g/mol. The van der Waals surface area contributed by atoms with Crippen LogP contribution in [0.3, 0.4) is 0 Å². The summed E-state index contributed by atoms with van der Waals surface area (Å²) in [5, 5.41) is 21.3. The minimum atomic E-state index is -0.988. The quantitative estimate of drug-likeness (QED) is 0.403. The summed E-state index contributed by atoms with van der Waals surface area (Å²) in [6.07, 6.45) is 1.51. The molecule has 32 heavy (non-hydrogen) atoms. The van der Waals surface area contributed by atoms with Crippen molar-refractivity contribution in [3.05, 3.63) is 100 Å². The van der Waals surface area contributed by atoms with Crippen molar-refractivity contribution in [3.63, 3.8) is 0 Å². The van der Waals surface area contributed by atoms with Crippen LogP contribution in [0.25, 0.3) is 6.08 Å². The van der Waals surface area contributed by atoms with Gasteiger partial charge in [-0.15, -0.1) is 0 Å². The molecule has 0 saturated heterocycles. The van der Waals surface area contributed by atoms with Gasteiger partial charge in [0.2, 0.25) is 0 Å². The van der Waals surface area contributed by atoms with Crippen LogP contribution in [0.15, 0.2) is 72.3 Å². The largest absolute Gasteiger partial charge is 0.489 e. The number of rotatable bonds is 7. The number of hydrogen-bond acceptors (Lipinski definition) is 4. The summed E-state index contributed by atoms with van der Waals surface area (Å²) in [5.41, 5.74) is 4.30. The summed E-state index contributed by atoms with van der Waals surface area (Å²) >= 11 is 0. The Bertz CT molecular complexity index is 1200. The van der Waals surface area contributed by atoms with E-state index in [0.717, 1.165) is 16.7 Å². The van der Waals surface area contributed by atoms with E-state index in [1.54, 1.807) is 42.5 Å². The number of nitrogens with zero attached hydrogens (tertiary/aromatic N) is 1. The van der Waals surface area contributed by atoms with Crippen LogP contribution in [0.4, 0.5) is 5.69 Å². The summed E-state index contributed by atoms with van der Waals surface area (Å²) in [4.78, 5) is 23.6. The molecule has 0 aliphatic heterocycles. The highest BCUT2D eigenvalue weighted by Crippen LogP contribution is 2.18. The Morgan fingerprint density at radius 2 is 1.72 bits per heavy atom. The van der Waals surface area contributed by atoms with Crippen LogP contribution in [0, 0.1) is 25.2 Å². The Balaban J connectivity index is 1.66. The Morgan fingerprint density at radius 3 is 2.34 bits per heavy atom. The molecule has 0 aromatic heterocycles. The molecule has 3 aromatic rings. The predicted molar refractivity (Wildman–Crippen MR) is 122 cm³/mol. The normalized spacial score (nSPS) is 10.8. The first-order valence-electron chi connectivity index (χ1n) is 9.90. The van der Waals surface area contributed by atoms with Gasteiger partial charge in [-0.25, -0.2) is 4.79 Å². The molecule has 6 heteroatoms. The first-order chi connectivity index (χ1) is 15.3. The van der Waals surface area contributed by atoms with Gasteiger partial charge in [-0.3, -0.25) is 4.79 Å². The molecule has 3 aromatic carbocycles. The number of ether oxygens (including phenoxy) is 1. The van der Waals surface area contributed by atoms with E-state index >= 15 is 0 Å². The third kappa shape index (κ3) is 6.07. The molecule has 160 valence electrons. The summed E-state index contributed by atoms with van der Waals surface area (Å²) in [5.74, 6) is -0.880. The molecule has 0 aliphatic carbocycles. The third-order valence-corrected chi connectivity index (χ3v) is 4.62. The lowest BCUT2D eigenvalue weighted by Gasteiger charge is -2.08. The Hall–Kier alpha value is -4.37. The molecule has 0 spiro atoms. The lowest BCUT2D eigenvalue weighted by molar-refractivity contribution is -0.112. The SMILES string of the molecule is Cc1cc(C)cc(NC(=O)/C(C#N)=C\c2ccc(OCc3cccc(C(=O)O)c3)cc2)c1.